The van der Waals surface area contributed by atoms with Gasteiger partial charge in [-0.05, 0) is 47.9 Å². The van der Waals surface area contributed by atoms with Crippen LogP contribution in [-0.4, -0.2) is 56.4 Å². The molecule has 3 atom stereocenters. The molecule has 41 heavy (non-hydrogen) atoms. The van der Waals surface area contributed by atoms with Gasteiger partial charge in [-0.2, -0.15) is 0 Å². The molecule has 4 aromatic rings. The quantitative estimate of drug-likeness (QED) is 0.318. The molecule has 0 bridgehead atoms. The minimum absolute atomic E-state index is 0.0699. The molecule has 2 amide bonds. The van der Waals surface area contributed by atoms with Crippen LogP contribution in [0, 0.1) is 5.92 Å². The number of anilines is 1. The Labute approximate surface area is 236 Å². The summed E-state index contributed by atoms with van der Waals surface area (Å²) in [6, 6.07) is 19.9. The number of aliphatic hydroxyl groups is 2. The van der Waals surface area contributed by atoms with Gasteiger partial charge in [0.25, 0.3) is 11.5 Å². The Morgan fingerprint density at radius 3 is 2.59 bits per heavy atom. The van der Waals surface area contributed by atoms with Crippen molar-refractivity contribution in [2.45, 2.75) is 38.0 Å². The molecule has 0 saturated carbocycles. The monoisotopic (exact) mass is 552 g/mol. The largest absolute Gasteiger partial charge is 0.394 e. The molecule has 6 rings (SSSR count). The highest BCUT2D eigenvalue weighted by Crippen LogP contribution is 2.45. The second kappa shape index (κ2) is 10.2. The number of fused-ring (bicyclic) bond motifs is 3. The number of benzene rings is 3. The molecule has 9 heteroatoms. The van der Waals surface area contributed by atoms with Gasteiger partial charge in [0.1, 0.15) is 0 Å². The van der Waals surface area contributed by atoms with E-state index in [1.165, 1.54) is 9.58 Å². The van der Waals surface area contributed by atoms with Crippen LogP contribution in [0.15, 0.2) is 83.7 Å². The Hall–Kier alpha value is -4.47. The maximum Gasteiger partial charge on any atom is 0.279 e. The minimum Gasteiger partial charge on any atom is -0.394 e. The first-order chi connectivity index (χ1) is 19.7. The van der Waals surface area contributed by atoms with Crippen molar-refractivity contribution in [3.8, 4) is 5.69 Å². The highest BCUT2D eigenvalue weighted by Gasteiger charge is 2.51. The molecule has 0 saturated heterocycles. The van der Waals surface area contributed by atoms with E-state index in [0.29, 0.717) is 40.8 Å². The molecule has 3 heterocycles. The Morgan fingerprint density at radius 1 is 1.10 bits per heavy atom. The van der Waals surface area contributed by atoms with E-state index in [4.69, 9.17) is 0 Å². The Balaban J connectivity index is 1.25. The van der Waals surface area contributed by atoms with Crippen LogP contribution in [-0.2, 0) is 28.2 Å². The fraction of sp³-hybridized carbons (Fsp3) is 0.281. The number of nitrogens with one attached hydrogen (secondary N) is 1. The van der Waals surface area contributed by atoms with E-state index >= 15 is 0 Å². The summed E-state index contributed by atoms with van der Waals surface area (Å²) in [5, 5.41) is 25.4. The molecular formula is C32H32N4O5. The lowest BCUT2D eigenvalue weighted by Crippen LogP contribution is -2.46. The number of carbonyl (C=O) groups excluding carboxylic acids is 2. The number of amides is 2. The summed E-state index contributed by atoms with van der Waals surface area (Å²) in [5.74, 6) is -1.29. The second-order valence-electron chi connectivity index (χ2n) is 10.9. The first-order valence-electron chi connectivity index (χ1n) is 13.7. The zero-order valence-electron chi connectivity index (χ0n) is 22.9. The molecule has 0 radical (unpaired) electrons. The molecule has 0 spiro atoms. The average Bonchev–Trinajstić information content (AvgIpc) is 3.43. The molecule has 2 aliphatic heterocycles. The smallest absolute Gasteiger partial charge is 0.279 e. The van der Waals surface area contributed by atoms with Crippen LogP contribution in [0.2, 0.25) is 0 Å². The summed E-state index contributed by atoms with van der Waals surface area (Å²) in [5.41, 5.74) is 2.23. The van der Waals surface area contributed by atoms with Gasteiger partial charge in [-0.25, -0.2) is 4.68 Å². The predicted molar refractivity (Wildman–Crippen MR) is 156 cm³/mol. The Morgan fingerprint density at radius 2 is 1.83 bits per heavy atom. The van der Waals surface area contributed by atoms with Crippen molar-refractivity contribution in [3.05, 3.63) is 106 Å². The second-order valence-corrected chi connectivity index (χ2v) is 10.9. The number of likely N-dealkylation sites (N-methyl/N-ethyl adjacent to an activating group) is 1. The van der Waals surface area contributed by atoms with Gasteiger partial charge < -0.3 is 20.0 Å². The van der Waals surface area contributed by atoms with Crippen LogP contribution in [0.1, 0.15) is 30.0 Å². The summed E-state index contributed by atoms with van der Waals surface area (Å²) in [7, 11) is 1.61. The third kappa shape index (κ3) is 4.29. The van der Waals surface area contributed by atoms with Gasteiger partial charge in [-0.1, -0.05) is 55.5 Å². The first kappa shape index (κ1) is 26.7. The van der Waals surface area contributed by atoms with E-state index < -0.39 is 17.4 Å². The van der Waals surface area contributed by atoms with E-state index in [2.05, 4.69) is 5.10 Å². The van der Waals surface area contributed by atoms with Crippen LogP contribution in [0.25, 0.3) is 16.6 Å². The molecule has 3 N–H and O–H groups in total. The van der Waals surface area contributed by atoms with Crippen LogP contribution < -0.4 is 10.5 Å². The van der Waals surface area contributed by atoms with Crippen LogP contribution >= 0.6 is 0 Å². The minimum atomic E-state index is -1.88. The molecule has 9 nitrogen and oxygen atoms in total. The molecule has 0 aliphatic carbocycles. The summed E-state index contributed by atoms with van der Waals surface area (Å²) < 4.78 is 1.40. The van der Waals surface area contributed by atoms with Crippen molar-refractivity contribution >= 4 is 28.4 Å². The predicted octanol–water partition coefficient (Wildman–Crippen LogP) is 3.01. The highest BCUT2D eigenvalue weighted by molar-refractivity contribution is 6.07. The molecular weight excluding hydrogens is 520 g/mol. The average molecular weight is 553 g/mol. The number of hydrogen-bond acceptors (Lipinski definition) is 5. The Bertz CT molecular complexity index is 1750. The standard InChI is InChI=1S/C32H32N4O5/c1-20(8-7-13-29(38)35-18-22-10-4-3-9-21(22)16-24(35)19-37)32(41)26-17-23(14-15-28(26)34(2)31(32)40)36-30(39)25-11-5-6-12-27(25)33-36/h3-12,14-15,17,20,24,33,37,41H,13,16,18-19H2,1-2H3/b8-7+/t20-,24+,32+/m1/s1. The number of aromatic amines is 1. The van der Waals surface area contributed by atoms with Gasteiger partial charge in [0, 0.05) is 31.5 Å². The van der Waals surface area contributed by atoms with E-state index in [-0.39, 0.29) is 30.5 Å². The zero-order valence-corrected chi connectivity index (χ0v) is 22.9. The number of aliphatic hydroxyl groups excluding tert-OH is 1. The highest BCUT2D eigenvalue weighted by atomic mass is 16.3. The number of nitrogens with zero attached hydrogens (tertiary/aromatic N) is 3. The van der Waals surface area contributed by atoms with E-state index in [0.717, 1.165) is 11.1 Å². The van der Waals surface area contributed by atoms with Crippen molar-refractivity contribution in [1.29, 1.82) is 0 Å². The maximum atomic E-state index is 13.4. The third-order valence-electron chi connectivity index (χ3n) is 8.50. The number of hydrogen-bond donors (Lipinski definition) is 3. The van der Waals surface area contributed by atoms with Gasteiger partial charge in [0.15, 0.2) is 5.60 Å². The lowest BCUT2D eigenvalue weighted by Gasteiger charge is -2.36. The van der Waals surface area contributed by atoms with Crippen LogP contribution in [0.3, 0.4) is 0 Å². The van der Waals surface area contributed by atoms with Crippen molar-refractivity contribution < 1.29 is 19.8 Å². The molecule has 0 fully saturated rings. The number of H-pyrrole nitrogens is 1. The third-order valence-corrected chi connectivity index (χ3v) is 8.50. The van der Waals surface area contributed by atoms with Gasteiger partial charge in [0.2, 0.25) is 5.91 Å². The summed E-state index contributed by atoms with van der Waals surface area (Å²) >= 11 is 0. The van der Waals surface area contributed by atoms with Crippen LogP contribution in [0.5, 0.6) is 0 Å². The lowest BCUT2D eigenvalue weighted by molar-refractivity contribution is -0.139. The number of para-hydroxylation sites is 1. The molecule has 3 aromatic carbocycles. The van der Waals surface area contributed by atoms with Gasteiger partial charge in [-0.3, -0.25) is 19.5 Å². The first-order valence-corrected chi connectivity index (χ1v) is 13.7. The molecule has 1 aromatic heterocycles. The SMILES string of the molecule is C[C@H](/C=C/CC(=O)N1Cc2ccccc2C[C@H]1CO)[C@@]1(O)C(=O)N(C)c2ccc(-n3[nH]c4ccccc4c3=O)cc21. The maximum absolute atomic E-state index is 13.4. The normalized spacial score (nSPS) is 21.0. The summed E-state index contributed by atoms with van der Waals surface area (Å²) in [6.45, 7) is 2.04. The van der Waals surface area contributed by atoms with Crippen molar-refractivity contribution in [1.82, 2.24) is 14.7 Å². The topological polar surface area (TPSA) is 119 Å². The van der Waals surface area contributed by atoms with Gasteiger partial charge >= 0.3 is 0 Å². The number of rotatable bonds is 6. The number of aromatic nitrogens is 2. The van der Waals surface area contributed by atoms with E-state index in [1.807, 2.05) is 36.4 Å². The summed E-state index contributed by atoms with van der Waals surface area (Å²) in [6.07, 6.45) is 4.03. The fourth-order valence-electron chi connectivity index (χ4n) is 6.09. The van der Waals surface area contributed by atoms with Crippen molar-refractivity contribution in [2.75, 3.05) is 18.6 Å². The molecule has 0 unspecified atom stereocenters. The fourth-order valence-corrected chi connectivity index (χ4v) is 6.09. The summed E-state index contributed by atoms with van der Waals surface area (Å²) in [4.78, 5) is 42.7. The van der Waals surface area contributed by atoms with E-state index in [9.17, 15) is 24.6 Å². The molecule has 2 aliphatic rings. The van der Waals surface area contributed by atoms with Gasteiger partial charge in [0.05, 0.1) is 34.9 Å². The number of carbonyl (C=O) groups is 2. The molecule has 210 valence electrons. The lowest BCUT2D eigenvalue weighted by atomic mass is 9.82. The van der Waals surface area contributed by atoms with E-state index in [1.54, 1.807) is 61.4 Å². The zero-order chi connectivity index (χ0) is 28.9. The van der Waals surface area contributed by atoms with Crippen molar-refractivity contribution in [3.63, 3.8) is 0 Å². The Kier molecular flexibility index (Phi) is 6.63. The van der Waals surface area contributed by atoms with Crippen LogP contribution in [0.4, 0.5) is 5.69 Å². The van der Waals surface area contributed by atoms with Crippen molar-refractivity contribution in [2.24, 2.45) is 5.92 Å². The van der Waals surface area contributed by atoms with Gasteiger partial charge in [-0.15, -0.1) is 0 Å².